The number of aromatic nitrogens is 1. The number of benzene rings is 1. The summed E-state index contributed by atoms with van der Waals surface area (Å²) in [6.45, 7) is 1.06. The molecule has 21 heavy (non-hydrogen) atoms. The number of furan rings is 1. The summed E-state index contributed by atoms with van der Waals surface area (Å²) in [5.41, 5.74) is 2.11. The fourth-order valence-electron chi connectivity index (χ4n) is 2.02. The Morgan fingerprint density at radius 3 is 2.81 bits per heavy atom. The smallest absolute Gasteiger partial charge is 0.133 e. The van der Waals surface area contributed by atoms with E-state index in [9.17, 15) is 5.11 Å². The number of nitrogens with one attached hydrogen (secondary N) is 1. The summed E-state index contributed by atoms with van der Waals surface area (Å²) in [4.78, 5) is 4.59. The van der Waals surface area contributed by atoms with E-state index in [2.05, 4.69) is 22.4 Å². The third-order valence-corrected chi connectivity index (χ3v) is 4.03. The summed E-state index contributed by atoms with van der Waals surface area (Å²) in [6, 6.07) is 13.7. The lowest BCUT2D eigenvalue weighted by Gasteiger charge is -2.08. The van der Waals surface area contributed by atoms with Crippen LogP contribution in [0.25, 0.3) is 10.6 Å². The van der Waals surface area contributed by atoms with Gasteiger partial charge in [-0.15, -0.1) is 11.3 Å². The molecule has 0 radical (unpaired) electrons. The van der Waals surface area contributed by atoms with Gasteiger partial charge in [0, 0.05) is 24.0 Å². The van der Waals surface area contributed by atoms with E-state index < -0.39 is 6.10 Å². The maximum absolute atomic E-state index is 9.90. The van der Waals surface area contributed by atoms with E-state index >= 15 is 0 Å². The Labute approximate surface area is 127 Å². The Bertz CT molecular complexity index is 665. The van der Waals surface area contributed by atoms with Crippen molar-refractivity contribution in [2.24, 2.45) is 0 Å². The molecule has 2 heterocycles. The number of aliphatic hydroxyl groups is 1. The third-order valence-electron chi connectivity index (χ3n) is 3.09. The van der Waals surface area contributed by atoms with Gasteiger partial charge in [-0.1, -0.05) is 30.3 Å². The number of hydrogen-bond donors (Lipinski definition) is 2. The minimum absolute atomic E-state index is 0.436. The molecule has 2 aromatic heterocycles. The minimum Gasteiger partial charge on any atom is -0.467 e. The second kappa shape index (κ2) is 6.67. The molecule has 0 saturated carbocycles. The lowest BCUT2D eigenvalue weighted by atomic mass is 10.2. The summed E-state index contributed by atoms with van der Waals surface area (Å²) >= 11 is 1.63. The van der Waals surface area contributed by atoms with Crippen LogP contribution in [-0.2, 0) is 6.54 Å². The summed E-state index contributed by atoms with van der Waals surface area (Å²) in [5, 5.41) is 16.1. The van der Waals surface area contributed by atoms with Crippen LogP contribution in [0.15, 0.2) is 58.5 Å². The first-order valence-corrected chi connectivity index (χ1v) is 7.63. The fourth-order valence-corrected chi connectivity index (χ4v) is 2.85. The van der Waals surface area contributed by atoms with E-state index in [-0.39, 0.29) is 0 Å². The van der Waals surface area contributed by atoms with Crippen LogP contribution >= 0.6 is 11.3 Å². The largest absolute Gasteiger partial charge is 0.467 e. The Balaban J connectivity index is 1.54. The molecule has 1 aromatic carbocycles. The van der Waals surface area contributed by atoms with Crippen LogP contribution in [0, 0.1) is 0 Å². The molecule has 5 heteroatoms. The molecule has 3 rings (SSSR count). The molecule has 4 nitrogen and oxygen atoms in total. The normalized spacial score (nSPS) is 12.4. The van der Waals surface area contributed by atoms with E-state index in [1.807, 2.05) is 23.6 Å². The van der Waals surface area contributed by atoms with Crippen molar-refractivity contribution in [2.45, 2.75) is 12.6 Å². The molecule has 1 atom stereocenters. The molecule has 0 bridgehead atoms. The lowest BCUT2D eigenvalue weighted by molar-refractivity contribution is 0.147. The third kappa shape index (κ3) is 3.58. The summed E-state index contributed by atoms with van der Waals surface area (Å²) in [7, 11) is 0. The Morgan fingerprint density at radius 2 is 2.05 bits per heavy atom. The van der Waals surface area contributed by atoms with Gasteiger partial charge in [-0.2, -0.15) is 0 Å². The molecule has 0 saturated heterocycles. The summed E-state index contributed by atoms with van der Waals surface area (Å²) in [6.07, 6.45) is 0.928. The van der Waals surface area contributed by atoms with Crippen LogP contribution in [0.5, 0.6) is 0 Å². The molecular weight excluding hydrogens is 284 g/mol. The van der Waals surface area contributed by atoms with Gasteiger partial charge in [-0.05, 0) is 12.1 Å². The van der Waals surface area contributed by atoms with Gasteiger partial charge in [0.2, 0.25) is 0 Å². The average molecular weight is 300 g/mol. The van der Waals surface area contributed by atoms with Gasteiger partial charge in [0.15, 0.2) is 0 Å². The van der Waals surface area contributed by atoms with Crippen LogP contribution in [0.2, 0.25) is 0 Å². The van der Waals surface area contributed by atoms with Crippen molar-refractivity contribution in [2.75, 3.05) is 6.54 Å². The van der Waals surface area contributed by atoms with Gasteiger partial charge in [0.25, 0.3) is 0 Å². The quantitative estimate of drug-likeness (QED) is 0.734. The van der Waals surface area contributed by atoms with Crippen LogP contribution in [-0.4, -0.2) is 16.6 Å². The maximum atomic E-state index is 9.90. The summed E-state index contributed by atoms with van der Waals surface area (Å²) < 4.78 is 5.16. The average Bonchev–Trinajstić information content (AvgIpc) is 3.20. The number of rotatable bonds is 6. The lowest BCUT2D eigenvalue weighted by Crippen LogP contribution is -2.20. The van der Waals surface area contributed by atoms with Gasteiger partial charge in [0.1, 0.15) is 16.9 Å². The van der Waals surface area contributed by atoms with Crippen LogP contribution in [0.1, 0.15) is 17.6 Å². The van der Waals surface area contributed by atoms with Gasteiger partial charge in [-0.3, -0.25) is 0 Å². The minimum atomic E-state index is -0.632. The monoisotopic (exact) mass is 300 g/mol. The molecular formula is C16H16N2O2S. The van der Waals surface area contributed by atoms with Crippen molar-refractivity contribution in [3.8, 4) is 10.6 Å². The molecule has 0 spiro atoms. The summed E-state index contributed by atoms with van der Waals surface area (Å²) in [5.74, 6) is 0.575. The zero-order chi connectivity index (χ0) is 14.5. The fraction of sp³-hybridized carbons (Fsp3) is 0.188. The molecule has 0 aliphatic carbocycles. The first-order valence-electron chi connectivity index (χ1n) is 6.75. The van der Waals surface area contributed by atoms with E-state index in [0.29, 0.717) is 18.8 Å². The highest BCUT2D eigenvalue weighted by atomic mass is 32.1. The van der Waals surface area contributed by atoms with Crippen molar-refractivity contribution < 1.29 is 9.52 Å². The molecule has 2 N–H and O–H groups in total. The number of thiazole rings is 1. The number of hydrogen-bond acceptors (Lipinski definition) is 5. The highest BCUT2D eigenvalue weighted by molar-refractivity contribution is 7.13. The molecule has 0 aliphatic heterocycles. The van der Waals surface area contributed by atoms with Crippen LogP contribution in [0.4, 0.5) is 0 Å². The van der Waals surface area contributed by atoms with E-state index in [0.717, 1.165) is 16.3 Å². The predicted octanol–water partition coefficient (Wildman–Crippen LogP) is 3.23. The number of nitrogens with zero attached hydrogens (tertiary/aromatic N) is 1. The Kier molecular flexibility index (Phi) is 4.45. The molecule has 0 amide bonds. The van der Waals surface area contributed by atoms with Crippen molar-refractivity contribution in [3.63, 3.8) is 0 Å². The highest BCUT2D eigenvalue weighted by Gasteiger charge is 2.10. The maximum Gasteiger partial charge on any atom is 0.133 e. The molecule has 3 aromatic rings. The van der Waals surface area contributed by atoms with Crippen molar-refractivity contribution in [1.29, 1.82) is 0 Å². The van der Waals surface area contributed by atoms with Crippen molar-refractivity contribution >= 4 is 11.3 Å². The molecule has 0 aliphatic rings. The van der Waals surface area contributed by atoms with Crippen LogP contribution in [0.3, 0.4) is 0 Å². The second-order valence-electron chi connectivity index (χ2n) is 4.67. The van der Waals surface area contributed by atoms with E-state index in [1.165, 1.54) is 0 Å². The molecule has 1 unspecified atom stereocenters. The molecule has 108 valence electrons. The first kappa shape index (κ1) is 14.0. The van der Waals surface area contributed by atoms with Gasteiger partial charge in [0.05, 0.1) is 12.0 Å². The van der Waals surface area contributed by atoms with Crippen molar-refractivity contribution in [3.05, 3.63) is 65.6 Å². The zero-order valence-corrected chi connectivity index (χ0v) is 12.2. The van der Waals surface area contributed by atoms with Gasteiger partial charge >= 0.3 is 0 Å². The van der Waals surface area contributed by atoms with E-state index in [4.69, 9.17) is 4.42 Å². The second-order valence-corrected chi connectivity index (χ2v) is 5.53. The molecule has 0 fully saturated rings. The SMILES string of the molecule is OC(CNCc1csc(-c2ccccc2)n1)c1ccco1. The van der Waals surface area contributed by atoms with E-state index in [1.54, 1.807) is 29.7 Å². The Morgan fingerprint density at radius 1 is 1.19 bits per heavy atom. The Hall–Kier alpha value is -1.95. The topological polar surface area (TPSA) is 58.3 Å². The first-order chi connectivity index (χ1) is 10.3. The zero-order valence-electron chi connectivity index (χ0n) is 11.4. The van der Waals surface area contributed by atoms with Gasteiger partial charge < -0.3 is 14.8 Å². The number of aliphatic hydroxyl groups excluding tert-OH is 1. The van der Waals surface area contributed by atoms with Crippen molar-refractivity contribution in [1.82, 2.24) is 10.3 Å². The predicted molar refractivity (Wildman–Crippen MR) is 82.9 cm³/mol. The van der Waals surface area contributed by atoms with Crippen LogP contribution < -0.4 is 5.32 Å². The van der Waals surface area contributed by atoms with Gasteiger partial charge in [-0.25, -0.2) is 4.98 Å². The standard InChI is InChI=1S/C16H16N2O2S/c19-14(15-7-4-8-20-15)10-17-9-13-11-21-16(18-13)12-5-2-1-3-6-12/h1-8,11,14,17,19H,9-10H2. The highest BCUT2D eigenvalue weighted by Crippen LogP contribution is 2.23.